The molecule has 2 aromatic rings. The fraction of sp³-hybridized carbons (Fsp3) is 0.389. The lowest BCUT2D eigenvalue weighted by atomic mass is 10.0. The van der Waals surface area contributed by atoms with E-state index in [2.05, 4.69) is 28.6 Å². The zero-order valence-corrected chi connectivity index (χ0v) is 14.0. The number of nitrogens with zero attached hydrogens (tertiary/aromatic N) is 1. The Hall–Kier alpha value is -1.72. The molecule has 0 spiro atoms. The molecular weight excluding hydrogens is 311 g/mol. The Morgan fingerprint density at radius 3 is 3.04 bits per heavy atom. The molecule has 0 saturated carbocycles. The lowest BCUT2D eigenvalue weighted by Crippen LogP contribution is -2.41. The normalized spacial score (nSPS) is 17.7. The summed E-state index contributed by atoms with van der Waals surface area (Å²) in [7, 11) is 0. The third-order valence-electron chi connectivity index (χ3n) is 4.42. The summed E-state index contributed by atoms with van der Waals surface area (Å²) in [5, 5.41) is 5.02. The average molecular weight is 332 g/mol. The quantitative estimate of drug-likeness (QED) is 0.912. The number of carbonyl (C=O) groups is 1. The smallest absolute Gasteiger partial charge is 0.234 e. The van der Waals surface area contributed by atoms with Gasteiger partial charge in [-0.3, -0.25) is 9.69 Å². The van der Waals surface area contributed by atoms with E-state index in [1.54, 1.807) is 23.5 Å². The molecule has 0 fully saturated rings. The van der Waals surface area contributed by atoms with Gasteiger partial charge in [-0.1, -0.05) is 18.2 Å². The van der Waals surface area contributed by atoms with Crippen LogP contribution in [0.2, 0.25) is 0 Å². The van der Waals surface area contributed by atoms with Gasteiger partial charge in [-0.2, -0.15) is 0 Å². The van der Waals surface area contributed by atoms with Crippen molar-refractivity contribution in [3.63, 3.8) is 0 Å². The number of thiophene rings is 1. The van der Waals surface area contributed by atoms with E-state index in [0.29, 0.717) is 25.1 Å². The van der Waals surface area contributed by atoms with E-state index < -0.39 is 0 Å². The first-order valence-electron chi connectivity index (χ1n) is 7.95. The second-order valence-electron chi connectivity index (χ2n) is 5.89. The average Bonchev–Trinajstić information content (AvgIpc) is 3.01. The maximum Gasteiger partial charge on any atom is 0.234 e. The minimum absolute atomic E-state index is 0.00636. The van der Waals surface area contributed by atoms with Crippen molar-refractivity contribution in [3.8, 4) is 0 Å². The summed E-state index contributed by atoms with van der Waals surface area (Å²) in [6.07, 6.45) is 1.53. The molecule has 5 heteroatoms. The number of rotatable bonds is 5. The van der Waals surface area contributed by atoms with Crippen LogP contribution in [0.4, 0.5) is 4.39 Å². The molecule has 0 bridgehead atoms. The van der Waals surface area contributed by atoms with Gasteiger partial charge in [0.05, 0.1) is 6.54 Å². The van der Waals surface area contributed by atoms with Gasteiger partial charge < -0.3 is 5.32 Å². The number of fused-ring (bicyclic) bond motifs is 1. The fourth-order valence-corrected chi connectivity index (χ4v) is 4.02. The largest absolute Gasteiger partial charge is 0.355 e. The number of halogens is 1. The topological polar surface area (TPSA) is 32.3 Å². The first-order chi connectivity index (χ1) is 11.1. The summed E-state index contributed by atoms with van der Waals surface area (Å²) in [5.41, 5.74) is 1.99. The Bertz CT molecular complexity index is 685. The van der Waals surface area contributed by atoms with Crippen molar-refractivity contribution in [1.29, 1.82) is 0 Å². The van der Waals surface area contributed by atoms with E-state index in [1.165, 1.54) is 16.5 Å². The second kappa shape index (κ2) is 7.23. The van der Waals surface area contributed by atoms with Gasteiger partial charge in [-0.15, -0.1) is 11.3 Å². The van der Waals surface area contributed by atoms with E-state index in [1.807, 2.05) is 6.07 Å². The molecule has 1 aromatic carbocycles. The van der Waals surface area contributed by atoms with Crippen LogP contribution in [0.5, 0.6) is 0 Å². The van der Waals surface area contributed by atoms with Gasteiger partial charge in [0.15, 0.2) is 0 Å². The first-order valence-corrected chi connectivity index (χ1v) is 8.83. The van der Waals surface area contributed by atoms with Gasteiger partial charge in [-0.25, -0.2) is 4.39 Å². The molecule has 1 aliphatic heterocycles. The van der Waals surface area contributed by atoms with Crippen molar-refractivity contribution in [1.82, 2.24) is 10.2 Å². The molecule has 1 atom stereocenters. The molecule has 0 aliphatic carbocycles. The van der Waals surface area contributed by atoms with Crippen molar-refractivity contribution in [2.24, 2.45) is 0 Å². The van der Waals surface area contributed by atoms with Gasteiger partial charge >= 0.3 is 0 Å². The molecule has 23 heavy (non-hydrogen) atoms. The minimum atomic E-state index is -0.212. The molecule has 3 nitrogen and oxygen atoms in total. The highest BCUT2D eigenvalue weighted by Crippen LogP contribution is 2.32. The fourth-order valence-electron chi connectivity index (χ4n) is 3.06. The molecule has 1 aromatic heterocycles. The van der Waals surface area contributed by atoms with Gasteiger partial charge in [0.2, 0.25) is 5.91 Å². The summed E-state index contributed by atoms with van der Waals surface area (Å²) in [4.78, 5) is 15.8. The Balaban J connectivity index is 1.48. The summed E-state index contributed by atoms with van der Waals surface area (Å²) in [6.45, 7) is 3.92. The van der Waals surface area contributed by atoms with Gasteiger partial charge in [0, 0.05) is 24.0 Å². The zero-order chi connectivity index (χ0) is 16.2. The van der Waals surface area contributed by atoms with E-state index in [0.717, 1.165) is 13.0 Å². The van der Waals surface area contributed by atoms with Crippen LogP contribution in [0.1, 0.15) is 29.0 Å². The SMILES string of the molecule is C[C@@H]1c2ccsc2CCN1CC(=O)NCCc1ccccc1F. The van der Waals surface area contributed by atoms with E-state index >= 15 is 0 Å². The number of benzene rings is 1. The standard InChI is InChI=1S/C18H21FN2OS/c1-13-15-8-11-23-17(15)7-10-21(13)12-18(22)20-9-6-14-4-2-3-5-16(14)19/h2-5,8,11,13H,6-7,9-10,12H2,1H3,(H,20,22)/t13-/m1/s1. The van der Waals surface area contributed by atoms with E-state index in [-0.39, 0.29) is 17.8 Å². The minimum Gasteiger partial charge on any atom is -0.355 e. The Labute approximate surface area is 140 Å². The van der Waals surface area contributed by atoms with Crippen LogP contribution < -0.4 is 5.32 Å². The number of carbonyl (C=O) groups excluding carboxylic acids is 1. The highest BCUT2D eigenvalue weighted by Gasteiger charge is 2.25. The first kappa shape index (κ1) is 16.1. The highest BCUT2D eigenvalue weighted by molar-refractivity contribution is 7.10. The van der Waals surface area contributed by atoms with Crippen molar-refractivity contribution in [2.45, 2.75) is 25.8 Å². The molecule has 122 valence electrons. The number of nitrogens with one attached hydrogen (secondary N) is 1. The van der Waals surface area contributed by atoms with Gasteiger partial charge in [-0.05, 0) is 48.4 Å². The molecule has 1 N–H and O–H groups in total. The monoisotopic (exact) mass is 332 g/mol. The molecule has 1 amide bonds. The van der Waals surface area contributed by atoms with Crippen LogP contribution in [-0.2, 0) is 17.6 Å². The van der Waals surface area contributed by atoms with Crippen LogP contribution in [0.3, 0.4) is 0 Å². The Morgan fingerprint density at radius 2 is 2.22 bits per heavy atom. The molecule has 3 rings (SSSR count). The maximum atomic E-state index is 13.5. The number of hydrogen-bond donors (Lipinski definition) is 1. The van der Waals surface area contributed by atoms with Crippen LogP contribution >= 0.6 is 11.3 Å². The number of amides is 1. The van der Waals surface area contributed by atoms with Crippen molar-refractivity contribution < 1.29 is 9.18 Å². The third kappa shape index (κ3) is 3.79. The van der Waals surface area contributed by atoms with Crippen molar-refractivity contribution >= 4 is 17.2 Å². The molecule has 0 unspecified atom stereocenters. The van der Waals surface area contributed by atoms with E-state index in [4.69, 9.17) is 0 Å². The van der Waals surface area contributed by atoms with Crippen LogP contribution in [0, 0.1) is 5.82 Å². The van der Waals surface area contributed by atoms with Crippen LogP contribution in [0.15, 0.2) is 35.7 Å². The molecule has 2 heterocycles. The Kier molecular flexibility index (Phi) is 5.08. The lowest BCUT2D eigenvalue weighted by molar-refractivity contribution is -0.122. The van der Waals surface area contributed by atoms with Crippen LogP contribution in [-0.4, -0.2) is 30.4 Å². The zero-order valence-electron chi connectivity index (χ0n) is 13.2. The van der Waals surface area contributed by atoms with E-state index in [9.17, 15) is 9.18 Å². The molecule has 1 aliphatic rings. The number of hydrogen-bond acceptors (Lipinski definition) is 3. The van der Waals surface area contributed by atoms with Crippen molar-refractivity contribution in [3.05, 3.63) is 57.5 Å². The summed E-state index contributed by atoms with van der Waals surface area (Å²) >= 11 is 1.80. The van der Waals surface area contributed by atoms with Crippen molar-refractivity contribution in [2.75, 3.05) is 19.6 Å². The predicted molar refractivity (Wildman–Crippen MR) is 91.1 cm³/mol. The van der Waals surface area contributed by atoms with Gasteiger partial charge in [0.1, 0.15) is 5.82 Å². The molecular formula is C18H21FN2OS. The summed E-state index contributed by atoms with van der Waals surface area (Å²) < 4.78 is 13.5. The maximum absolute atomic E-state index is 13.5. The third-order valence-corrected chi connectivity index (χ3v) is 5.42. The second-order valence-corrected chi connectivity index (χ2v) is 6.89. The lowest BCUT2D eigenvalue weighted by Gasteiger charge is -2.32. The van der Waals surface area contributed by atoms with Gasteiger partial charge in [0.25, 0.3) is 0 Å². The highest BCUT2D eigenvalue weighted by atomic mass is 32.1. The van der Waals surface area contributed by atoms with Crippen LogP contribution in [0.25, 0.3) is 0 Å². The predicted octanol–water partition coefficient (Wildman–Crippen LogP) is 3.17. The molecule has 0 radical (unpaired) electrons. The summed E-state index contributed by atoms with van der Waals surface area (Å²) in [5.74, 6) is -0.205. The molecule has 0 saturated heterocycles. The summed E-state index contributed by atoms with van der Waals surface area (Å²) in [6, 6.07) is 9.13. The Morgan fingerprint density at radius 1 is 1.39 bits per heavy atom.